The number of benzene rings is 2. The van der Waals surface area contributed by atoms with E-state index in [1.54, 1.807) is 0 Å². The number of rotatable bonds is 5. The fourth-order valence-corrected chi connectivity index (χ4v) is 2.64. The number of carbonyl (C=O) groups is 2. The first-order valence-electron chi connectivity index (χ1n) is 7.71. The third-order valence-electron chi connectivity index (χ3n) is 3.97. The first kappa shape index (κ1) is 18.6. The van der Waals surface area contributed by atoms with E-state index in [9.17, 15) is 18.4 Å². The first-order valence-corrected chi connectivity index (χ1v) is 7.71. The molecule has 1 atom stereocenters. The van der Waals surface area contributed by atoms with Gasteiger partial charge in [-0.25, -0.2) is 13.6 Å². The molecule has 0 fully saturated rings. The number of esters is 1. The predicted molar refractivity (Wildman–Crippen MR) is 89.2 cm³/mol. The average Bonchev–Trinajstić information content (AvgIpc) is 2.55. The van der Waals surface area contributed by atoms with Gasteiger partial charge >= 0.3 is 5.97 Å². The fraction of sp³-hybridized carbons (Fsp3) is 0.263. The Labute approximate surface area is 144 Å². The highest BCUT2D eigenvalue weighted by molar-refractivity contribution is 5.96. The molecular weight excluding hydrogens is 328 g/mol. The summed E-state index contributed by atoms with van der Waals surface area (Å²) in [5, 5.41) is 2.49. The number of hydrogen-bond donors (Lipinski definition) is 1. The van der Waals surface area contributed by atoms with Crippen molar-refractivity contribution in [3.63, 3.8) is 0 Å². The van der Waals surface area contributed by atoms with E-state index in [-0.39, 0.29) is 12.0 Å². The summed E-state index contributed by atoms with van der Waals surface area (Å²) >= 11 is 0. The maximum Gasteiger partial charge on any atom is 0.328 e. The summed E-state index contributed by atoms with van der Waals surface area (Å²) < 4.78 is 31.3. The molecule has 0 bridgehead atoms. The maximum absolute atomic E-state index is 13.3. The number of carbonyl (C=O) groups excluding carboxylic acids is 2. The Kier molecular flexibility index (Phi) is 5.85. The molecule has 6 heteroatoms. The van der Waals surface area contributed by atoms with Crippen LogP contribution in [-0.4, -0.2) is 25.0 Å². The summed E-state index contributed by atoms with van der Waals surface area (Å²) in [6, 6.07) is 7.22. The van der Waals surface area contributed by atoms with Gasteiger partial charge in [0.2, 0.25) is 0 Å². The topological polar surface area (TPSA) is 55.4 Å². The van der Waals surface area contributed by atoms with Gasteiger partial charge in [-0.05, 0) is 42.7 Å². The van der Waals surface area contributed by atoms with Crippen molar-refractivity contribution in [1.82, 2.24) is 5.32 Å². The summed E-state index contributed by atoms with van der Waals surface area (Å²) in [4.78, 5) is 24.3. The van der Waals surface area contributed by atoms with Crippen LogP contribution in [-0.2, 0) is 16.0 Å². The van der Waals surface area contributed by atoms with Crippen LogP contribution in [0, 0.1) is 25.5 Å². The van der Waals surface area contributed by atoms with Crippen LogP contribution in [0.15, 0.2) is 36.4 Å². The minimum absolute atomic E-state index is 0.201. The Hall–Kier alpha value is -2.76. The lowest BCUT2D eigenvalue weighted by Crippen LogP contribution is -2.43. The second-order valence-electron chi connectivity index (χ2n) is 5.78. The van der Waals surface area contributed by atoms with Crippen LogP contribution >= 0.6 is 0 Å². The minimum atomic E-state index is -0.969. The Balaban J connectivity index is 2.26. The zero-order valence-corrected chi connectivity index (χ0v) is 14.2. The van der Waals surface area contributed by atoms with Crippen molar-refractivity contribution in [2.24, 2.45) is 0 Å². The van der Waals surface area contributed by atoms with Gasteiger partial charge in [0.25, 0.3) is 5.91 Å². The molecule has 0 aliphatic heterocycles. The lowest BCUT2D eigenvalue weighted by Gasteiger charge is -2.19. The summed E-state index contributed by atoms with van der Waals surface area (Å²) in [6.45, 7) is 3.81. The summed E-state index contributed by atoms with van der Waals surface area (Å²) in [5.74, 6) is -3.11. The predicted octanol–water partition coefficient (Wildman–Crippen LogP) is 3.10. The highest BCUT2D eigenvalue weighted by Crippen LogP contribution is 2.16. The van der Waals surface area contributed by atoms with E-state index in [1.807, 2.05) is 32.0 Å². The normalized spacial score (nSPS) is 11.7. The van der Waals surface area contributed by atoms with E-state index in [4.69, 9.17) is 4.74 Å². The van der Waals surface area contributed by atoms with Crippen LogP contribution < -0.4 is 5.32 Å². The van der Waals surface area contributed by atoms with Gasteiger partial charge in [0.1, 0.15) is 17.7 Å². The van der Waals surface area contributed by atoms with E-state index in [0.29, 0.717) is 6.07 Å². The lowest BCUT2D eigenvalue weighted by molar-refractivity contribution is -0.142. The van der Waals surface area contributed by atoms with Crippen molar-refractivity contribution in [3.05, 3.63) is 70.3 Å². The number of aryl methyl sites for hydroxylation is 2. The lowest BCUT2D eigenvalue weighted by atomic mass is 9.96. The van der Waals surface area contributed by atoms with Crippen molar-refractivity contribution in [2.75, 3.05) is 7.11 Å². The molecule has 0 spiro atoms. The molecule has 1 N–H and O–H groups in total. The second-order valence-corrected chi connectivity index (χ2v) is 5.78. The quantitative estimate of drug-likeness (QED) is 0.846. The molecule has 0 heterocycles. The Bertz CT molecular complexity index is 765. The Morgan fingerprint density at radius 2 is 1.64 bits per heavy atom. The van der Waals surface area contributed by atoms with Crippen LogP contribution in [0.1, 0.15) is 27.0 Å². The van der Waals surface area contributed by atoms with Crippen molar-refractivity contribution in [3.8, 4) is 0 Å². The molecular formula is C19H19F2NO3. The van der Waals surface area contributed by atoms with Gasteiger partial charge in [0.15, 0.2) is 0 Å². The van der Waals surface area contributed by atoms with Crippen LogP contribution in [0.2, 0.25) is 0 Å². The molecule has 2 aromatic rings. The van der Waals surface area contributed by atoms with Crippen LogP contribution in [0.5, 0.6) is 0 Å². The number of hydrogen-bond acceptors (Lipinski definition) is 3. The van der Waals surface area contributed by atoms with Gasteiger partial charge in [-0.15, -0.1) is 0 Å². The number of amides is 1. The molecule has 0 aliphatic rings. The van der Waals surface area contributed by atoms with E-state index >= 15 is 0 Å². The Morgan fingerprint density at radius 3 is 2.16 bits per heavy atom. The van der Waals surface area contributed by atoms with E-state index in [1.165, 1.54) is 7.11 Å². The molecule has 0 unspecified atom stereocenters. The third kappa shape index (κ3) is 4.62. The average molecular weight is 347 g/mol. The molecule has 132 valence electrons. The van der Waals surface area contributed by atoms with Gasteiger partial charge in [-0.2, -0.15) is 0 Å². The summed E-state index contributed by atoms with van der Waals surface area (Å²) in [6.07, 6.45) is 0.217. The zero-order valence-electron chi connectivity index (χ0n) is 14.2. The zero-order chi connectivity index (χ0) is 18.6. The maximum atomic E-state index is 13.3. The molecule has 0 saturated heterocycles. The third-order valence-corrected chi connectivity index (χ3v) is 3.97. The minimum Gasteiger partial charge on any atom is -0.467 e. The summed E-state index contributed by atoms with van der Waals surface area (Å²) in [5.41, 5.74) is 2.65. The number of halogens is 2. The van der Waals surface area contributed by atoms with Gasteiger partial charge in [-0.1, -0.05) is 18.2 Å². The smallest absolute Gasteiger partial charge is 0.328 e. The highest BCUT2D eigenvalue weighted by Gasteiger charge is 2.24. The number of methoxy groups -OCH3 is 1. The standard InChI is InChI=1S/C19H19F2NO3/c1-11-5-4-6-12(2)16(11)10-17(19(24)25-3)22-18(23)13-7-14(20)9-15(21)8-13/h4-9,17H,10H2,1-3H3,(H,22,23)/t17-/m1/s1. The Morgan fingerprint density at radius 1 is 1.08 bits per heavy atom. The van der Waals surface area contributed by atoms with E-state index in [0.717, 1.165) is 28.8 Å². The van der Waals surface area contributed by atoms with Crippen LogP contribution in [0.25, 0.3) is 0 Å². The van der Waals surface area contributed by atoms with Crippen LogP contribution in [0.4, 0.5) is 8.78 Å². The van der Waals surface area contributed by atoms with Crippen molar-refractivity contribution in [2.45, 2.75) is 26.3 Å². The van der Waals surface area contributed by atoms with Crippen LogP contribution in [0.3, 0.4) is 0 Å². The van der Waals surface area contributed by atoms with Crippen molar-refractivity contribution in [1.29, 1.82) is 0 Å². The number of ether oxygens (including phenoxy) is 1. The van der Waals surface area contributed by atoms with Crippen molar-refractivity contribution < 1.29 is 23.1 Å². The second kappa shape index (κ2) is 7.88. The molecule has 0 aromatic heterocycles. The molecule has 0 radical (unpaired) electrons. The molecule has 1 amide bonds. The van der Waals surface area contributed by atoms with Gasteiger partial charge in [0, 0.05) is 18.1 Å². The van der Waals surface area contributed by atoms with E-state index < -0.39 is 29.6 Å². The monoisotopic (exact) mass is 347 g/mol. The number of nitrogens with one attached hydrogen (secondary N) is 1. The molecule has 25 heavy (non-hydrogen) atoms. The molecule has 2 aromatic carbocycles. The van der Waals surface area contributed by atoms with E-state index in [2.05, 4.69) is 5.32 Å². The molecule has 0 aliphatic carbocycles. The van der Waals surface area contributed by atoms with Crippen molar-refractivity contribution >= 4 is 11.9 Å². The first-order chi connectivity index (χ1) is 11.8. The van der Waals surface area contributed by atoms with Gasteiger partial charge < -0.3 is 10.1 Å². The fourth-order valence-electron chi connectivity index (χ4n) is 2.64. The van der Waals surface area contributed by atoms with Gasteiger partial charge in [-0.3, -0.25) is 4.79 Å². The largest absolute Gasteiger partial charge is 0.467 e. The molecule has 4 nitrogen and oxygen atoms in total. The van der Waals surface area contributed by atoms with Gasteiger partial charge in [0.05, 0.1) is 7.11 Å². The summed E-state index contributed by atoms with van der Waals surface area (Å²) in [7, 11) is 1.22. The SMILES string of the molecule is COC(=O)[C@@H](Cc1c(C)cccc1C)NC(=O)c1cc(F)cc(F)c1. The molecule has 2 rings (SSSR count). The highest BCUT2D eigenvalue weighted by atomic mass is 19.1. The molecule has 0 saturated carbocycles.